The number of carbonyl (C=O) groups is 1. The molecule has 164 valence electrons. The molecule has 2 aliphatic heterocycles. The van der Waals surface area contributed by atoms with Gasteiger partial charge in [-0.05, 0) is 48.7 Å². The van der Waals surface area contributed by atoms with E-state index in [1.165, 1.54) is 18.2 Å². The number of aryl methyl sites for hydroxylation is 1. The summed E-state index contributed by atoms with van der Waals surface area (Å²) in [4.78, 5) is 19.8. The van der Waals surface area contributed by atoms with Crippen molar-refractivity contribution in [3.05, 3.63) is 53.1 Å². The molecule has 2 fully saturated rings. The first-order valence-corrected chi connectivity index (χ1v) is 10.5. The van der Waals surface area contributed by atoms with Crippen molar-refractivity contribution in [2.45, 2.75) is 32.4 Å². The molecule has 0 aliphatic carbocycles. The Hall–Kier alpha value is -2.90. The molecular weight excluding hydrogens is 396 g/mol. The van der Waals surface area contributed by atoms with Crippen LogP contribution in [0.4, 0.5) is 0 Å². The van der Waals surface area contributed by atoms with Gasteiger partial charge < -0.3 is 24.3 Å². The number of aliphatic hydroxyl groups is 1. The highest BCUT2D eigenvalue weighted by atomic mass is 16.6. The Morgan fingerprint density at radius 3 is 2.71 bits per heavy atom. The molecule has 2 aromatic carbocycles. The summed E-state index contributed by atoms with van der Waals surface area (Å²) in [5.41, 5.74) is 5.66. The van der Waals surface area contributed by atoms with Crippen molar-refractivity contribution in [3.63, 3.8) is 0 Å². The molecular formula is C24H28N2O5. The van der Waals surface area contributed by atoms with Gasteiger partial charge in [0.05, 0.1) is 38.1 Å². The number of benzene rings is 2. The van der Waals surface area contributed by atoms with Crippen molar-refractivity contribution in [2.75, 3.05) is 33.5 Å². The number of rotatable bonds is 6. The molecule has 0 radical (unpaired) electrons. The van der Waals surface area contributed by atoms with Gasteiger partial charge in [-0.3, -0.25) is 4.79 Å². The Balaban J connectivity index is 1.69. The number of hydrogen-bond donors (Lipinski definition) is 1. The van der Waals surface area contributed by atoms with Crippen LogP contribution in [0.3, 0.4) is 0 Å². The lowest BCUT2D eigenvalue weighted by Crippen LogP contribution is -2.39. The number of ether oxygens (including phenoxy) is 2. The Morgan fingerprint density at radius 2 is 2.03 bits per heavy atom. The van der Waals surface area contributed by atoms with E-state index < -0.39 is 0 Å². The molecule has 1 atom stereocenters. The van der Waals surface area contributed by atoms with Crippen molar-refractivity contribution in [1.29, 1.82) is 0 Å². The fourth-order valence-corrected chi connectivity index (χ4v) is 4.01. The quantitative estimate of drug-likeness (QED) is 0.721. The minimum absolute atomic E-state index is 0.0216. The van der Waals surface area contributed by atoms with Gasteiger partial charge in [-0.15, -0.1) is 0 Å². The van der Waals surface area contributed by atoms with E-state index in [1.54, 1.807) is 11.0 Å². The Morgan fingerprint density at radius 1 is 1.23 bits per heavy atom. The van der Waals surface area contributed by atoms with Crippen LogP contribution in [0.25, 0.3) is 11.1 Å². The van der Waals surface area contributed by atoms with E-state index in [0.717, 1.165) is 16.8 Å². The first-order chi connectivity index (χ1) is 15.0. The van der Waals surface area contributed by atoms with Gasteiger partial charge in [0.1, 0.15) is 19.0 Å². The summed E-state index contributed by atoms with van der Waals surface area (Å²) in [6.07, 6.45) is 0.478. The van der Waals surface area contributed by atoms with Crippen molar-refractivity contribution in [2.24, 2.45) is 5.16 Å². The third-order valence-corrected chi connectivity index (χ3v) is 5.98. The number of likely N-dealkylation sites (tertiary alicyclic amines) is 1. The smallest absolute Gasteiger partial charge is 0.254 e. The van der Waals surface area contributed by atoms with Crippen molar-refractivity contribution >= 4 is 11.6 Å². The molecule has 0 bridgehead atoms. The molecule has 7 heteroatoms. The second kappa shape index (κ2) is 9.08. The molecule has 2 saturated heterocycles. The number of aliphatic hydroxyl groups excluding tert-OH is 1. The normalized spacial score (nSPS) is 20.1. The number of carbonyl (C=O) groups excluding carboxylic acids is 1. The number of hydrogen-bond acceptors (Lipinski definition) is 6. The predicted molar refractivity (Wildman–Crippen MR) is 118 cm³/mol. The van der Waals surface area contributed by atoms with Crippen LogP contribution in [0, 0.1) is 13.8 Å². The summed E-state index contributed by atoms with van der Waals surface area (Å²) >= 11 is 0. The summed E-state index contributed by atoms with van der Waals surface area (Å²) in [5.74, 6) is 0.501. The van der Waals surface area contributed by atoms with Crippen LogP contribution in [-0.2, 0) is 9.57 Å². The second-order valence-corrected chi connectivity index (χ2v) is 8.05. The standard InChI is InChI=1S/C24H28N2O5/c1-15-5-4-6-21(16(15)2)22-8-7-17(9-23(22)31-20-13-30-14-20)24(28)26-11-18(25-29-3)10-19(26)12-27/h4-9,19-20,27H,10-14H2,1-3H3/b25-18+. The Labute approximate surface area is 182 Å². The van der Waals surface area contributed by atoms with Gasteiger partial charge in [-0.2, -0.15) is 0 Å². The lowest BCUT2D eigenvalue weighted by atomic mass is 9.95. The molecule has 1 unspecified atom stereocenters. The van der Waals surface area contributed by atoms with Crippen LogP contribution < -0.4 is 4.74 Å². The zero-order valence-electron chi connectivity index (χ0n) is 18.1. The fourth-order valence-electron chi connectivity index (χ4n) is 4.01. The fraction of sp³-hybridized carbons (Fsp3) is 0.417. The molecule has 2 aliphatic rings. The van der Waals surface area contributed by atoms with Gasteiger partial charge >= 0.3 is 0 Å². The lowest BCUT2D eigenvalue weighted by Gasteiger charge is -2.29. The van der Waals surface area contributed by atoms with E-state index >= 15 is 0 Å². The van der Waals surface area contributed by atoms with E-state index in [2.05, 4.69) is 31.1 Å². The third-order valence-electron chi connectivity index (χ3n) is 5.98. The number of amides is 1. The van der Waals surface area contributed by atoms with Crippen LogP contribution in [0.1, 0.15) is 27.9 Å². The van der Waals surface area contributed by atoms with Crippen molar-refractivity contribution in [1.82, 2.24) is 4.90 Å². The van der Waals surface area contributed by atoms with Gasteiger partial charge in [0.25, 0.3) is 5.91 Å². The predicted octanol–water partition coefficient (Wildman–Crippen LogP) is 2.96. The first kappa shape index (κ1) is 21.3. The molecule has 2 aromatic rings. The lowest BCUT2D eigenvalue weighted by molar-refractivity contribution is -0.0794. The summed E-state index contributed by atoms with van der Waals surface area (Å²) in [5, 5.41) is 13.7. The highest BCUT2D eigenvalue weighted by molar-refractivity contribution is 6.01. The third kappa shape index (κ3) is 4.29. The average Bonchev–Trinajstić information content (AvgIpc) is 3.15. The summed E-state index contributed by atoms with van der Waals surface area (Å²) < 4.78 is 11.5. The zero-order chi connectivity index (χ0) is 22.0. The molecule has 7 nitrogen and oxygen atoms in total. The molecule has 0 spiro atoms. The van der Waals surface area contributed by atoms with Crippen LogP contribution in [-0.4, -0.2) is 67.2 Å². The zero-order valence-corrected chi connectivity index (χ0v) is 18.1. The van der Waals surface area contributed by atoms with Crippen LogP contribution >= 0.6 is 0 Å². The van der Waals surface area contributed by atoms with Gasteiger partial charge in [0.15, 0.2) is 0 Å². The largest absolute Gasteiger partial charge is 0.485 e. The second-order valence-electron chi connectivity index (χ2n) is 8.05. The highest BCUT2D eigenvalue weighted by Gasteiger charge is 2.34. The maximum atomic E-state index is 13.3. The number of nitrogens with zero attached hydrogens (tertiary/aromatic N) is 2. The van der Waals surface area contributed by atoms with E-state index in [-0.39, 0.29) is 24.7 Å². The van der Waals surface area contributed by atoms with Gasteiger partial charge in [-0.25, -0.2) is 0 Å². The molecule has 0 aromatic heterocycles. The van der Waals surface area contributed by atoms with E-state index in [9.17, 15) is 9.90 Å². The summed E-state index contributed by atoms with van der Waals surface area (Å²) in [6, 6.07) is 11.4. The summed E-state index contributed by atoms with van der Waals surface area (Å²) in [6.45, 7) is 5.46. The van der Waals surface area contributed by atoms with Crippen LogP contribution in [0.15, 0.2) is 41.6 Å². The highest BCUT2D eigenvalue weighted by Crippen LogP contribution is 2.36. The van der Waals surface area contributed by atoms with Gasteiger partial charge in [-0.1, -0.05) is 23.4 Å². The van der Waals surface area contributed by atoms with E-state index in [1.807, 2.05) is 18.2 Å². The molecule has 31 heavy (non-hydrogen) atoms. The maximum Gasteiger partial charge on any atom is 0.254 e. The molecule has 2 heterocycles. The Bertz CT molecular complexity index is 999. The molecule has 1 amide bonds. The summed E-state index contributed by atoms with van der Waals surface area (Å²) in [7, 11) is 1.48. The monoisotopic (exact) mass is 424 g/mol. The first-order valence-electron chi connectivity index (χ1n) is 10.5. The van der Waals surface area contributed by atoms with Gasteiger partial charge in [0.2, 0.25) is 0 Å². The van der Waals surface area contributed by atoms with Crippen LogP contribution in [0.2, 0.25) is 0 Å². The minimum atomic E-state index is -0.315. The topological polar surface area (TPSA) is 80.6 Å². The average molecular weight is 424 g/mol. The van der Waals surface area contributed by atoms with Crippen molar-refractivity contribution < 1.29 is 24.2 Å². The van der Waals surface area contributed by atoms with E-state index in [4.69, 9.17) is 14.3 Å². The molecule has 0 saturated carbocycles. The Kier molecular flexibility index (Phi) is 6.25. The van der Waals surface area contributed by atoms with Crippen molar-refractivity contribution in [3.8, 4) is 16.9 Å². The molecule has 4 rings (SSSR count). The molecule has 1 N–H and O–H groups in total. The SMILES string of the molecule is CO/N=C1\CC(CO)N(C(=O)c2ccc(-c3cccc(C)c3C)c(OC3COC3)c2)C1. The van der Waals surface area contributed by atoms with Gasteiger partial charge in [0, 0.05) is 17.5 Å². The number of oxime groups is 1. The maximum absolute atomic E-state index is 13.3. The van der Waals surface area contributed by atoms with E-state index in [0.29, 0.717) is 37.5 Å². The minimum Gasteiger partial charge on any atom is -0.485 e. The van der Waals surface area contributed by atoms with Crippen LogP contribution in [0.5, 0.6) is 5.75 Å².